The summed E-state index contributed by atoms with van der Waals surface area (Å²) in [7, 11) is 0. The third kappa shape index (κ3) is 4.80. The summed E-state index contributed by atoms with van der Waals surface area (Å²) in [6.07, 6.45) is 3.19. The van der Waals surface area contributed by atoms with Crippen LogP contribution in [-0.2, 0) is 17.8 Å². The third-order valence-corrected chi connectivity index (χ3v) is 6.38. The van der Waals surface area contributed by atoms with E-state index in [1.807, 2.05) is 35.2 Å². The summed E-state index contributed by atoms with van der Waals surface area (Å²) < 4.78 is 11.7. The molecule has 0 radical (unpaired) electrons. The van der Waals surface area contributed by atoms with E-state index in [0.717, 1.165) is 17.5 Å². The lowest BCUT2D eigenvalue weighted by molar-refractivity contribution is -0.130. The van der Waals surface area contributed by atoms with E-state index >= 15 is 0 Å². The van der Waals surface area contributed by atoms with Crippen LogP contribution in [0, 0.1) is 5.92 Å². The average Bonchev–Trinajstić information content (AvgIpc) is 3.55. The molecule has 1 aliphatic heterocycles. The van der Waals surface area contributed by atoms with E-state index in [0.29, 0.717) is 36.3 Å². The Morgan fingerprint density at radius 3 is 2.67 bits per heavy atom. The van der Waals surface area contributed by atoms with E-state index in [4.69, 9.17) is 9.15 Å². The number of rotatable bonds is 7. The Hall–Kier alpha value is -3.54. The molecule has 2 aliphatic rings. The fourth-order valence-electron chi connectivity index (χ4n) is 4.40. The lowest BCUT2D eigenvalue weighted by atomic mass is 9.88. The smallest absolute Gasteiger partial charge is 0.287 e. The summed E-state index contributed by atoms with van der Waals surface area (Å²) in [6, 6.07) is 19.5. The second-order valence-corrected chi connectivity index (χ2v) is 8.84. The molecule has 0 saturated heterocycles. The summed E-state index contributed by atoms with van der Waals surface area (Å²) in [5.74, 6) is 2.10. The lowest BCUT2D eigenvalue weighted by Gasteiger charge is -2.37. The predicted molar refractivity (Wildman–Crippen MR) is 124 cm³/mol. The number of ether oxygens (including phenoxy) is 1. The Labute approximate surface area is 193 Å². The van der Waals surface area contributed by atoms with Gasteiger partial charge in [-0.3, -0.25) is 9.59 Å². The first-order chi connectivity index (χ1) is 16.1. The van der Waals surface area contributed by atoms with Crippen LogP contribution in [0.1, 0.15) is 58.8 Å². The Morgan fingerprint density at radius 1 is 1.09 bits per heavy atom. The van der Waals surface area contributed by atoms with Crippen molar-refractivity contribution in [1.29, 1.82) is 0 Å². The molecule has 2 heterocycles. The maximum absolute atomic E-state index is 12.4. The molecule has 2 amide bonds. The van der Waals surface area contributed by atoms with Crippen molar-refractivity contribution in [3.05, 3.63) is 88.9 Å². The molecule has 33 heavy (non-hydrogen) atoms. The van der Waals surface area contributed by atoms with E-state index in [9.17, 15) is 9.59 Å². The van der Waals surface area contributed by atoms with Gasteiger partial charge in [0.1, 0.15) is 18.1 Å². The quantitative estimate of drug-likeness (QED) is 0.583. The maximum atomic E-state index is 12.4. The Kier molecular flexibility index (Phi) is 5.90. The minimum atomic E-state index is -0.183. The average molecular weight is 445 g/mol. The van der Waals surface area contributed by atoms with E-state index < -0.39 is 0 Å². The molecule has 170 valence electrons. The summed E-state index contributed by atoms with van der Waals surface area (Å²) in [5, 5.41) is 2.91. The van der Waals surface area contributed by atoms with Gasteiger partial charge in [0.2, 0.25) is 5.91 Å². The highest BCUT2D eigenvalue weighted by Crippen LogP contribution is 2.37. The Bertz CT molecular complexity index is 1150. The second kappa shape index (κ2) is 9.14. The van der Waals surface area contributed by atoms with Crippen molar-refractivity contribution in [2.24, 2.45) is 5.92 Å². The zero-order valence-corrected chi connectivity index (χ0v) is 18.8. The molecule has 1 unspecified atom stereocenters. The van der Waals surface area contributed by atoms with Gasteiger partial charge < -0.3 is 19.4 Å². The first kappa shape index (κ1) is 21.3. The van der Waals surface area contributed by atoms with Crippen LogP contribution in [0.15, 0.2) is 65.1 Å². The first-order valence-electron chi connectivity index (χ1n) is 11.5. The summed E-state index contributed by atoms with van der Waals surface area (Å²) in [6.45, 7) is 3.25. The molecule has 0 bridgehead atoms. The van der Waals surface area contributed by atoms with Gasteiger partial charge in [-0.25, -0.2) is 0 Å². The highest BCUT2D eigenvalue weighted by Gasteiger charge is 2.30. The second-order valence-electron chi connectivity index (χ2n) is 8.84. The monoisotopic (exact) mass is 444 g/mol. The topological polar surface area (TPSA) is 71.8 Å². The van der Waals surface area contributed by atoms with Gasteiger partial charge >= 0.3 is 0 Å². The third-order valence-electron chi connectivity index (χ3n) is 6.38. The van der Waals surface area contributed by atoms with Gasteiger partial charge in [0.25, 0.3) is 5.91 Å². The molecule has 0 spiro atoms. The van der Waals surface area contributed by atoms with Gasteiger partial charge in [-0.05, 0) is 66.1 Å². The van der Waals surface area contributed by atoms with Crippen molar-refractivity contribution in [2.75, 3.05) is 13.1 Å². The first-order valence-corrected chi connectivity index (χ1v) is 11.5. The van der Waals surface area contributed by atoms with Crippen LogP contribution in [0.4, 0.5) is 0 Å². The van der Waals surface area contributed by atoms with E-state index in [-0.39, 0.29) is 24.5 Å². The van der Waals surface area contributed by atoms with E-state index in [1.165, 1.54) is 18.4 Å². The number of carbonyl (C=O) groups is 2. The number of hydrogen-bond acceptors (Lipinski definition) is 4. The summed E-state index contributed by atoms with van der Waals surface area (Å²) in [5.41, 5.74) is 3.39. The van der Waals surface area contributed by atoms with E-state index in [1.54, 1.807) is 19.1 Å². The molecular weight excluding hydrogens is 416 g/mol. The highest BCUT2D eigenvalue weighted by atomic mass is 16.5. The van der Waals surface area contributed by atoms with Crippen molar-refractivity contribution in [1.82, 2.24) is 10.2 Å². The molecule has 6 nitrogen and oxygen atoms in total. The summed E-state index contributed by atoms with van der Waals surface area (Å²) >= 11 is 0. The molecule has 6 heteroatoms. The standard InChI is InChI=1S/C27H28N2O4/c1-18(30)29-14-13-20-9-10-22(15-24(20)26(29)21-5-3-2-4-6-21)32-17-23-11-12-25(33-23)27(31)28-16-19-7-8-19/h2-6,9-12,15,19,26H,7-8,13-14,16-17H2,1H3,(H,28,31). The Morgan fingerprint density at radius 2 is 1.91 bits per heavy atom. The normalized spacial score (nSPS) is 17.4. The number of nitrogens with one attached hydrogen (secondary N) is 1. The highest BCUT2D eigenvalue weighted by molar-refractivity contribution is 5.91. The van der Waals surface area contributed by atoms with Crippen LogP contribution in [0.2, 0.25) is 0 Å². The SMILES string of the molecule is CC(=O)N1CCc2ccc(OCc3ccc(C(=O)NCC4CC4)o3)cc2C1c1ccccc1. The molecular formula is C27H28N2O4. The number of benzene rings is 2. The Balaban J connectivity index is 1.31. The fourth-order valence-corrected chi connectivity index (χ4v) is 4.40. The minimum absolute atomic E-state index is 0.0592. The van der Waals surface area contributed by atoms with Crippen LogP contribution in [0.5, 0.6) is 5.75 Å². The number of carbonyl (C=O) groups excluding carboxylic acids is 2. The van der Waals surface area contributed by atoms with Gasteiger partial charge in [0.15, 0.2) is 5.76 Å². The number of fused-ring (bicyclic) bond motifs is 1. The molecule has 5 rings (SSSR count). The van der Waals surface area contributed by atoms with Gasteiger partial charge in [0, 0.05) is 20.0 Å². The number of amides is 2. The van der Waals surface area contributed by atoms with Crippen LogP contribution in [0.3, 0.4) is 0 Å². The maximum Gasteiger partial charge on any atom is 0.287 e. The van der Waals surface area contributed by atoms with Crippen molar-refractivity contribution in [3.8, 4) is 5.75 Å². The number of furan rings is 1. The van der Waals surface area contributed by atoms with Crippen molar-refractivity contribution >= 4 is 11.8 Å². The molecule has 3 aromatic rings. The van der Waals surface area contributed by atoms with Crippen molar-refractivity contribution in [3.63, 3.8) is 0 Å². The molecule has 1 atom stereocenters. The molecule has 2 aromatic carbocycles. The largest absolute Gasteiger partial charge is 0.486 e. The van der Waals surface area contributed by atoms with Crippen molar-refractivity contribution < 1.29 is 18.7 Å². The molecule has 1 aliphatic carbocycles. The van der Waals surface area contributed by atoms with Crippen LogP contribution in [-0.4, -0.2) is 29.8 Å². The number of nitrogens with zero attached hydrogens (tertiary/aromatic N) is 1. The zero-order chi connectivity index (χ0) is 22.8. The fraction of sp³-hybridized carbons (Fsp3) is 0.333. The zero-order valence-electron chi connectivity index (χ0n) is 18.8. The number of hydrogen-bond donors (Lipinski definition) is 1. The molecule has 1 aromatic heterocycles. The van der Waals surface area contributed by atoms with Gasteiger partial charge in [-0.15, -0.1) is 0 Å². The van der Waals surface area contributed by atoms with Crippen molar-refractivity contribution in [2.45, 2.75) is 38.8 Å². The molecule has 1 N–H and O–H groups in total. The van der Waals surface area contributed by atoms with E-state index in [2.05, 4.69) is 23.5 Å². The molecule has 1 fully saturated rings. The minimum Gasteiger partial charge on any atom is -0.486 e. The van der Waals surface area contributed by atoms with Crippen LogP contribution < -0.4 is 10.1 Å². The lowest BCUT2D eigenvalue weighted by Crippen LogP contribution is -2.39. The van der Waals surface area contributed by atoms with Gasteiger partial charge in [-0.2, -0.15) is 0 Å². The van der Waals surface area contributed by atoms with Crippen LogP contribution >= 0.6 is 0 Å². The van der Waals surface area contributed by atoms with Gasteiger partial charge in [-0.1, -0.05) is 36.4 Å². The van der Waals surface area contributed by atoms with Gasteiger partial charge in [0.05, 0.1) is 6.04 Å². The summed E-state index contributed by atoms with van der Waals surface area (Å²) in [4.78, 5) is 26.5. The predicted octanol–water partition coefficient (Wildman–Crippen LogP) is 4.49. The molecule has 1 saturated carbocycles. The van der Waals surface area contributed by atoms with Crippen LogP contribution in [0.25, 0.3) is 0 Å².